The minimum Gasteiger partial charge on any atom is -0.493 e. The fourth-order valence-electron chi connectivity index (χ4n) is 1.57. The molecule has 0 bridgehead atoms. The predicted octanol–water partition coefficient (Wildman–Crippen LogP) is 3.31. The highest BCUT2D eigenvalue weighted by Crippen LogP contribution is 2.30. The summed E-state index contributed by atoms with van der Waals surface area (Å²) in [5, 5.41) is 2.75. The first-order chi connectivity index (χ1) is 9.15. The second kappa shape index (κ2) is 5.79. The fourth-order valence-corrected chi connectivity index (χ4v) is 1.99. The summed E-state index contributed by atoms with van der Waals surface area (Å²) >= 11 is 3.16. The minimum atomic E-state index is -0.271. The monoisotopic (exact) mass is 325 g/mol. The Morgan fingerprint density at radius 2 is 1.95 bits per heavy atom. The number of nitrogens with one attached hydrogen (secondary N) is 1. The molecule has 1 heterocycles. The molecular weight excluding hydrogens is 314 g/mol. The van der Waals surface area contributed by atoms with Crippen LogP contribution in [0.3, 0.4) is 0 Å². The van der Waals surface area contributed by atoms with Gasteiger partial charge in [-0.2, -0.15) is 0 Å². The van der Waals surface area contributed by atoms with Crippen molar-refractivity contribution in [2.24, 2.45) is 0 Å². The summed E-state index contributed by atoms with van der Waals surface area (Å²) in [4.78, 5) is 12.0. The molecule has 6 heteroatoms. The standard InChI is InChI=1S/C13H12BrNO4/c1-17-10-4-3-8(7-11(10)18-2)15-13(16)9-5-6-19-12(9)14/h3-7H,1-2H3,(H,15,16). The highest BCUT2D eigenvalue weighted by molar-refractivity contribution is 9.10. The summed E-state index contributed by atoms with van der Waals surface area (Å²) in [6.45, 7) is 0. The number of anilines is 1. The van der Waals surface area contributed by atoms with Crippen LogP contribution in [0.5, 0.6) is 11.5 Å². The molecule has 2 rings (SSSR count). The summed E-state index contributed by atoms with van der Waals surface area (Å²) in [6.07, 6.45) is 1.44. The molecule has 0 aliphatic heterocycles. The maximum Gasteiger partial charge on any atom is 0.260 e. The largest absolute Gasteiger partial charge is 0.493 e. The van der Waals surface area contributed by atoms with E-state index in [9.17, 15) is 4.79 Å². The second-order valence-electron chi connectivity index (χ2n) is 3.63. The van der Waals surface area contributed by atoms with Crippen molar-refractivity contribution < 1.29 is 18.7 Å². The van der Waals surface area contributed by atoms with Gasteiger partial charge in [0.15, 0.2) is 16.2 Å². The van der Waals surface area contributed by atoms with Gasteiger partial charge in [0.2, 0.25) is 0 Å². The van der Waals surface area contributed by atoms with Gasteiger partial charge in [-0.05, 0) is 34.1 Å². The highest BCUT2D eigenvalue weighted by atomic mass is 79.9. The molecule has 2 aromatic rings. The maximum absolute atomic E-state index is 12.0. The van der Waals surface area contributed by atoms with Gasteiger partial charge in [-0.15, -0.1) is 0 Å². The van der Waals surface area contributed by atoms with Crippen molar-refractivity contribution in [3.63, 3.8) is 0 Å². The molecule has 1 aromatic carbocycles. The molecule has 0 fully saturated rings. The van der Waals surface area contributed by atoms with Gasteiger partial charge < -0.3 is 19.2 Å². The lowest BCUT2D eigenvalue weighted by Gasteiger charge is -2.10. The van der Waals surface area contributed by atoms with Crippen LogP contribution < -0.4 is 14.8 Å². The van der Waals surface area contributed by atoms with Crippen LogP contribution in [0.1, 0.15) is 10.4 Å². The van der Waals surface area contributed by atoms with E-state index in [0.717, 1.165) is 0 Å². The number of methoxy groups -OCH3 is 2. The molecule has 19 heavy (non-hydrogen) atoms. The maximum atomic E-state index is 12.0. The van der Waals surface area contributed by atoms with Gasteiger partial charge in [-0.25, -0.2) is 0 Å². The van der Waals surface area contributed by atoms with Crippen LogP contribution in [-0.2, 0) is 0 Å². The van der Waals surface area contributed by atoms with Gasteiger partial charge in [-0.1, -0.05) is 0 Å². The van der Waals surface area contributed by atoms with E-state index in [1.807, 2.05) is 0 Å². The third-order valence-corrected chi connectivity index (χ3v) is 3.12. The molecule has 1 amide bonds. The number of hydrogen-bond donors (Lipinski definition) is 1. The summed E-state index contributed by atoms with van der Waals surface area (Å²) in [5.74, 6) is 0.879. The Labute approximate surface area is 118 Å². The van der Waals surface area contributed by atoms with Crippen molar-refractivity contribution in [1.29, 1.82) is 0 Å². The third-order valence-electron chi connectivity index (χ3n) is 2.50. The predicted molar refractivity (Wildman–Crippen MR) is 73.9 cm³/mol. The number of halogens is 1. The number of benzene rings is 1. The van der Waals surface area contributed by atoms with Crippen molar-refractivity contribution in [3.05, 3.63) is 40.8 Å². The summed E-state index contributed by atoms with van der Waals surface area (Å²) < 4.78 is 15.7. The Bertz CT molecular complexity index is 594. The molecule has 0 radical (unpaired) electrons. The highest BCUT2D eigenvalue weighted by Gasteiger charge is 2.13. The Morgan fingerprint density at radius 1 is 1.21 bits per heavy atom. The van der Waals surface area contributed by atoms with Crippen LogP contribution in [-0.4, -0.2) is 20.1 Å². The van der Waals surface area contributed by atoms with Crippen molar-refractivity contribution in [1.82, 2.24) is 0 Å². The van der Waals surface area contributed by atoms with E-state index >= 15 is 0 Å². The van der Waals surface area contributed by atoms with Crippen LogP contribution in [0.25, 0.3) is 0 Å². The molecule has 0 unspecified atom stereocenters. The van der Waals surface area contributed by atoms with E-state index in [1.54, 1.807) is 31.4 Å². The van der Waals surface area contributed by atoms with Gasteiger partial charge in [-0.3, -0.25) is 4.79 Å². The van der Waals surface area contributed by atoms with Crippen molar-refractivity contribution in [2.75, 3.05) is 19.5 Å². The molecule has 5 nitrogen and oxygen atoms in total. The minimum absolute atomic E-state index is 0.271. The quantitative estimate of drug-likeness (QED) is 0.936. The zero-order valence-corrected chi connectivity index (χ0v) is 12.0. The zero-order chi connectivity index (χ0) is 13.8. The van der Waals surface area contributed by atoms with Gasteiger partial charge >= 0.3 is 0 Å². The molecule has 0 atom stereocenters. The van der Waals surface area contributed by atoms with Gasteiger partial charge in [0.25, 0.3) is 5.91 Å². The lowest BCUT2D eigenvalue weighted by molar-refractivity contribution is 0.102. The number of furan rings is 1. The summed E-state index contributed by atoms with van der Waals surface area (Å²) in [7, 11) is 3.09. The van der Waals surface area contributed by atoms with Gasteiger partial charge in [0.05, 0.1) is 26.0 Å². The molecule has 1 aromatic heterocycles. The SMILES string of the molecule is COc1ccc(NC(=O)c2ccoc2Br)cc1OC. The van der Waals surface area contributed by atoms with Crippen LogP contribution >= 0.6 is 15.9 Å². The van der Waals surface area contributed by atoms with Gasteiger partial charge in [0, 0.05) is 11.8 Å². The van der Waals surface area contributed by atoms with E-state index in [0.29, 0.717) is 27.4 Å². The van der Waals surface area contributed by atoms with Crippen LogP contribution in [0.2, 0.25) is 0 Å². The Balaban J connectivity index is 2.20. The Morgan fingerprint density at radius 3 is 2.53 bits per heavy atom. The molecule has 0 aliphatic carbocycles. The Kier molecular flexibility index (Phi) is 4.11. The number of rotatable bonds is 4. The van der Waals surface area contributed by atoms with E-state index in [1.165, 1.54) is 13.4 Å². The fraction of sp³-hybridized carbons (Fsp3) is 0.154. The smallest absolute Gasteiger partial charge is 0.260 e. The molecule has 0 saturated carbocycles. The van der Waals surface area contributed by atoms with Crippen LogP contribution in [0, 0.1) is 0 Å². The number of ether oxygens (including phenoxy) is 2. The first-order valence-corrected chi connectivity index (χ1v) is 6.21. The average Bonchev–Trinajstić information content (AvgIpc) is 2.85. The van der Waals surface area contributed by atoms with Crippen LogP contribution in [0.4, 0.5) is 5.69 Å². The van der Waals surface area contributed by atoms with Crippen molar-refractivity contribution >= 4 is 27.5 Å². The Hall–Kier alpha value is -1.95. The van der Waals surface area contributed by atoms with E-state index in [2.05, 4.69) is 21.2 Å². The first-order valence-electron chi connectivity index (χ1n) is 5.42. The van der Waals surface area contributed by atoms with E-state index in [4.69, 9.17) is 13.9 Å². The summed E-state index contributed by atoms with van der Waals surface area (Å²) in [6, 6.07) is 6.72. The number of hydrogen-bond acceptors (Lipinski definition) is 4. The van der Waals surface area contributed by atoms with Crippen molar-refractivity contribution in [2.45, 2.75) is 0 Å². The molecule has 0 aliphatic rings. The number of carbonyl (C=O) groups excluding carboxylic acids is 1. The molecule has 0 spiro atoms. The molecule has 100 valence electrons. The third kappa shape index (κ3) is 2.90. The average molecular weight is 326 g/mol. The normalized spacial score (nSPS) is 10.1. The number of carbonyl (C=O) groups is 1. The lowest BCUT2D eigenvalue weighted by Crippen LogP contribution is -2.11. The zero-order valence-electron chi connectivity index (χ0n) is 10.4. The van der Waals surface area contributed by atoms with Crippen LogP contribution in [0.15, 0.2) is 39.6 Å². The second-order valence-corrected chi connectivity index (χ2v) is 4.35. The molecular formula is C13H12BrNO4. The summed E-state index contributed by atoms with van der Waals surface area (Å²) in [5.41, 5.74) is 1.03. The first kappa shape index (κ1) is 13.5. The number of amides is 1. The van der Waals surface area contributed by atoms with Crippen molar-refractivity contribution in [3.8, 4) is 11.5 Å². The molecule has 0 saturated heterocycles. The topological polar surface area (TPSA) is 60.7 Å². The molecule has 1 N–H and O–H groups in total. The van der Waals surface area contributed by atoms with E-state index in [-0.39, 0.29) is 5.91 Å². The lowest BCUT2D eigenvalue weighted by atomic mass is 10.2. The van der Waals surface area contributed by atoms with E-state index < -0.39 is 0 Å². The van der Waals surface area contributed by atoms with Gasteiger partial charge in [0.1, 0.15) is 0 Å².